The summed E-state index contributed by atoms with van der Waals surface area (Å²) in [6, 6.07) is 0. The van der Waals surface area contributed by atoms with Crippen LogP contribution in [0, 0.1) is 13.8 Å². The monoisotopic (exact) mass is 219 g/mol. The second-order valence-corrected chi connectivity index (χ2v) is 5.59. The van der Waals surface area contributed by atoms with E-state index in [2.05, 4.69) is 4.72 Å². The van der Waals surface area contributed by atoms with E-state index in [4.69, 9.17) is 0 Å². The molecule has 0 radical (unpaired) electrons. The van der Waals surface area contributed by atoms with Gasteiger partial charge >= 0.3 is 0 Å². The van der Waals surface area contributed by atoms with Gasteiger partial charge in [-0.05, 0) is 24.8 Å². The summed E-state index contributed by atoms with van der Waals surface area (Å²) in [5.41, 5.74) is 0.823. The Kier molecular flexibility index (Phi) is 3.10. The molecular weight excluding hydrogens is 206 g/mol. The molecule has 1 heterocycles. The Bertz CT molecular complexity index is 373. The van der Waals surface area contributed by atoms with Crippen molar-refractivity contribution in [3.05, 3.63) is 15.8 Å². The lowest BCUT2D eigenvalue weighted by atomic mass is 10.3. The topological polar surface area (TPSA) is 46.2 Å². The largest absolute Gasteiger partial charge is 0.241 e. The summed E-state index contributed by atoms with van der Waals surface area (Å²) in [7, 11) is -3.27. The third-order valence-corrected chi connectivity index (χ3v) is 4.69. The molecule has 74 valence electrons. The van der Waals surface area contributed by atoms with Crippen LogP contribution in [-0.2, 0) is 10.0 Å². The van der Waals surface area contributed by atoms with Crippen LogP contribution in [0.1, 0.15) is 17.4 Å². The predicted molar refractivity (Wildman–Crippen MR) is 54.7 cm³/mol. The highest BCUT2D eigenvalue weighted by atomic mass is 32.2. The fourth-order valence-corrected chi connectivity index (χ4v) is 3.90. The van der Waals surface area contributed by atoms with Gasteiger partial charge in [-0.2, -0.15) is 0 Å². The van der Waals surface area contributed by atoms with Gasteiger partial charge < -0.3 is 0 Å². The molecule has 0 aliphatic carbocycles. The van der Waals surface area contributed by atoms with Crippen LogP contribution in [-0.4, -0.2) is 15.0 Å². The number of thiophene rings is 1. The van der Waals surface area contributed by atoms with Gasteiger partial charge in [-0.3, -0.25) is 0 Å². The quantitative estimate of drug-likeness (QED) is 0.840. The van der Waals surface area contributed by atoms with Gasteiger partial charge in [0.25, 0.3) is 0 Å². The zero-order valence-electron chi connectivity index (χ0n) is 7.92. The van der Waals surface area contributed by atoms with Gasteiger partial charge in [0.2, 0.25) is 10.0 Å². The molecule has 0 saturated carbocycles. The highest BCUT2D eigenvalue weighted by Gasteiger charge is 2.19. The molecule has 0 spiro atoms. The van der Waals surface area contributed by atoms with Gasteiger partial charge in [-0.15, -0.1) is 11.3 Å². The van der Waals surface area contributed by atoms with Crippen LogP contribution in [0.3, 0.4) is 0 Å². The summed E-state index contributed by atoms with van der Waals surface area (Å²) >= 11 is 1.46. The fourth-order valence-electron chi connectivity index (χ4n) is 1.22. The standard InChI is InChI=1S/C8H13NO2S2/c1-4-9-13(10,11)8-6(2)5-12-7(8)3/h5,9H,4H2,1-3H3. The first-order chi connectivity index (χ1) is 5.99. The van der Waals surface area contributed by atoms with Crippen molar-refractivity contribution in [2.45, 2.75) is 25.7 Å². The molecule has 0 aliphatic rings. The lowest BCUT2D eigenvalue weighted by molar-refractivity contribution is 0.583. The van der Waals surface area contributed by atoms with Crippen molar-refractivity contribution in [2.24, 2.45) is 0 Å². The van der Waals surface area contributed by atoms with Crippen LogP contribution >= 0.6 is 11.3 Å². The smallest absolute Gasteiger partial charge is 0.211 e. The highest BCUT2D eigenvalue weighted by Crippen LogP contribution is 2.25. The Hall–Kier alpha value is -0.390. The number of rotatable bonds is 3. The van der Waals surface area contributed by atoms with Crippen LogP contribution in [0.5, 0.6) is 0 Å². The molecule has 1 N–H and O–H groups in total. The van der Waals surface area contributed by atoms with Crippen molar-refractivity contribution in [1.29, 1.82) is 0 Å². The van der Waals surface area contributed by atoms with E-state index in [-0.39, 0.29) is 0 Å². The van der Waals surface area contributed by atoms with E-state index in [1.54, 1.807) is 6.92 Å². The molecule has 13 heavy (non-hydrogen) atoms. The van der Waals surface area contributed by atoms with Gasteiger partial charge in [0.1, 0.15) is 0 Å². The Morgan fingerprint density at radius 3 is 2.46 bits per heavy atom. The summed E-state index contributed by atoms with van der Waals surface area (Å²) in [6.07, 6.45) is 0. The number of hydrogen-bond donors (Lipinski definition) is 1. The second kappa shape index (κ2) is 3.77. The first-order valence-electron chi connectivity index (χ1n) is 4.03. The van der Waals surface area contributed by atoms with Gasteiger partial charge in [0.15, 0.2) is 0 Å². The number of nitrogens with one attached hydrogen (secondary N) is 1. The average molecular weight is 219 g/mol. The average Bonchev–Trinajstić information content (AvgIpc) is 2.31. The molecule has 0 amide bonds. The number of sulfonamides is 1. The van der Waals surface area contributed by atoms with Crippen LogP contribution in [0.25, 0.3) is 0 Å². The maximum Gasteiger partial charge on any atom is 0.241 e. The summed E-state index contributed by atoms with van der Waals surface area (Å²) in [5.74, 6) is 0. The van der Waals surface area contributed by atoms with Crippen molar-refractivity contribution in [2.75, 3.05) is 6.54 Å². The summed E-state index contributed by atoms with van der Waals surface area (Å²) in [5, 5.41) is 1.86. The highest BCUT2D eigenvalue weighted by molar-refractivity contribution is 7.89. The Morgan fingerprint density at radius 2 is 2.08 bits per heavy atom. The van der Waals surface area contributed by atoms with E-state index >= 15 is 0 Å². The summed E-state index contributed by atoms with van der Waals surface area (Å²) in [6.45, 7) is 5.83. The third-order valence-electron chi connectivity index (χ3n) is 1.69. The SMILES string of the molecule is CCNS(=O)(=O)c1c(C)csc1C. The lowest BCUT2D eigenvalue weighted by Crippen LogP contribution is -2.23. The summed E-state index contributed by atoms with van der Waals surface area (Å²) < 4.78 is 25.7. The minimum Gasteiger partial charge on any atom is -0.211 e. The van der Waals surface area contributed by atoms with Gasteiger partial charge in [0, 0.05) is 11.4 Å². The van der Waals surface area contributed by atoms with Crippen LogP contribution in [0.4, 0.5) is 0 Å². The zero-order valence-corrected chi connectivity index (χ0v) is 9.55. The maximum absolute atomic E-state index is 11.6. The third kappa shape index (κ3) is 2.10. The van der Waals surface area contributed by atoms with E-state index < -0.39 is 10.0 Å². The molecular formula is C8H13NO2S2. The molecule has 0 bridgehead atoms. The van der Waals surface area contributed by atoms with E-state index in [1.165, 1.54) is 11.3 Å². The van der Waals surface area contributed by atoms with Gasteiger partial charge in [-0.25, -0.2) is 13.1 Å². The molecule has 3 nitrogen and oxygen atoms in total. The normalized spacial score (nSPS) is 11.9. The first kappa shape index (κ1) is 10.7. The van der Waals surface area contributed by atoms with E-state index in [0.29, 0.717) is 11.4 Å². The van der Waals surface area contributed by atoms with Crippen LogP contribution in [0.2, 0.25) is 0 Å². The molecule has 0 fully saturated rings. The molecule has 1 rings (SSSR count). The van der Waals surface area contributed by atoms with Gasteiger partial charge in [-0.1, -0.05) is 6.92 Å². The molecule has 0 aromatic carbocycles. The van der Waals surface area contributed by atoms with Crippen LogP contribution in [0.15, 0.2) is 10.3 Å². The number of hydrogen-bond acceptors (Lipinski definition) is 3. The Labute approximate surface area is 82.8 Å². The van der Waals surface area contributed by atoms with Crippen molar-refractivity contribution in [1.82, 2.24) is 4.72 Å². The van der Waals surface area contributed by atoms with Crippen molar-refractivity contribution in [3.8, 4) is 0 Å². The molecule has 5 heteroatoms. The molecule has 1 aromatic heterocycles. The Morgan fingerprint density at radius 1 is 1.46 bits per heavy atom. The minimum absolute atomic E-state index is 0.428. The zero-order chi connectivity index (χ0) is 10.1. The first-order valence-corrected chi connectivity index (χ1v) is 6.39. The second-order valence-electron chi connectivity index (χ2n) is 2.81. The molecule has 0 atom stereocenters. The van der Waals surface area contributed by atoms with E-state index in [9.17, 15) is 8.42 Å². The molecule has 0 aliphatic heterocycles. The van der Waals surface area contributed by atoms with Crippen molar-refractivity contribution < 1.29 is 8.42 Å². The number of aryl methyl sites for hydroxylation is 2. The van der Waals surface area contributed by atoms with Crippen molar-refractivity contribution in [3.63, 3.8) is 0 Å². The van der Waals surface area contributed by atoms with Crippen LogP contribution < -0.4 is 4.72 Å². The summed E-state index contributed by atoms with van der Waals surface area (Å²) in [4.78, 5) is 1.29. The van der Waals surface area contributed by atoms with E-state index in [1.807, 2.05) is 19.2 Å². The fraction of sp³-hybridized carbons (Fsp3) is 0.500. The van der Waals surface area contributed by atoms with Gasteiger partial charge in [0.05, 0.1) is 4.90 Å². The lowest BCUT2D eigenvalue weighted by Gasteiger charge is -2.04. The van der Waals surface area contributed by atoms with E-state index in [0.717, 1.165) is 10.4 Å². The molecule has 1 aromatic rings. The maximum atomic E-state index is 11.6. The molecule has 0 saturated heterocycles. The van der Waals surface area contributed by atoms with Crippen molar-refractivity contribution >= 4 is 21.4 Å². The molecule has 0 unspecified atom stereocenters. The minimum atomic E-state index is -3.27. The predicted octanol–water partition coefficient (Wildman–Crippen LogP) is 1.66. The Balaban J connectivity index is 3.21.